The molecule has 27 heavy (non-hydrogen) atoms. The molecule has 0 saturated carbocycles. The number of ether oxygens (including phenoxy) is 2. The van der Waals surface area contributed by atoms with E-state index in [0.29, 0.717) is 17.1 Å². The molecule has 0 radical (unpaired) electrons. The van der Waals surface area contributed by atoms with Crippen molar-refractivity contribution in [2.75, 3.05) is 13.7 Å². The molecule has 0 aromatic heterocycles. The van der Waals surface area contributed by atoms with Crippen molar-refractivity contribution in [3.05, 3.63) is 57.2 Å². The number of carbonyl (C=O) groups excluding carboxylic acids is 2. The van der Waals surface area contributed by atoms with E-state index < -0.39 is 11.8 Å². The summed E-state index contributed by atoms with van der Waals surface area (Å²) in [5.74, 6) is 0.424. The first-order valence-electron chi connectivity index (χ1n) is 7.82. The number of nitrogens with one attached hydrogen (secondary N) is 3. The van der Waals surface area contributed by atoms with Gasteiger partial charge < -0.3 is 9.47 Å². The second-order valence-electron chi connectivity index (χ2n) is 5.41. The molecule has 0 spiro atoms. The Kier molecular flexibility index (Phi) is 7.80. The van der Waals surface area contributed by atoms with Gasteiger partial charge in [0.25, 0.3) is 11.8 Å². The number of halogens is 1. The minimum absolute atomic E-state index is 0.0376. The van der Waals surface area contributed by atoms with E-state index in [1.165, 1.54) is 0 Å². The highest BCUT2D eigenvalue weighted by Gasteiger charge is 2.10. The fourth-order valence-corrected chi connectivity index (χ4v) is 2.94. The first kappa shape index (κ1) is 20.9. The van der Waals surface area contributed by atoms with Gasteiger partial charge in [0.05, 0.1) is 10.7 Å². The van der Waals surface area contributed by atoms with Crippen molar-refractivity contribution in [1.29, 1.82) is 0 Å². The summed E-state index contributed by atoms with van der Waals surface area (Å²) in [6.07, 6.45) is 0. The Morgan fingerprint density at radius 3 is 2.59 bits per heavy atom. The van der Waals surface area contributed by atoms with E-state index in [-0.39, 0.29) is 11.7 Å². The van der Waals surface area contributed by atoms with Crippen LogP contribution in [0.1, 0.15) is 15.9 Å². The van der Waals surface area contributed by atoms with E-state index in [0.717, 1.165) is 9.13 Å². The molecule has 2 aromatic rings. The topological polar surface area (TPSA) is 88.7 Å². The Balaban J connectivity index is 1.77. The summed E-state index contributed by atoms with van der Waals surface area (Å²) in [5.41, 5.74) is 6.35. The third-order valence-corrected chi connectivity index (χ3v) is 4.36. The molecule has 0 saturated heterocycles. The van der Waals surface area contributed by atoms with Crippen LogP contribution >= 0.6 is 34.8 Å². The molecule has 3 N–H and O–H groups in total. The number of amides is 2. The zero-order chi connectivity index (χ0) is 19.8. The van der Waals surface area contributed by atoms with Crippen LogP contribution in [0.5, 0.6) is 11.5 Å². The molecule has 0 unspecified atom stereocenters. The van der Waals surface area contributed by atoms with Crippen LogP contribution in [0.25, 0.3) is 0 Å². The van der Waals surface area contributed by atoms with Crippen LogP contribution in [-0.4, -0.2) is 30.6 Å². The normalized spacial score (nSPS) is 9.89. The van der Waals surface area contributed by atoms with Gasteiger partial charge >= 0.3 is 0 Å². The molecule has 2 amide bonds. The van der Waals surface area contributed by atoms with Crippen molar-refractivity contribution in [2.45, 2.75) is 6.92 Å². The fourth-order valence-electron chi connectivity index (χ4n) is 2.04. The van der Waals surface area contributed by atoms with Gasteiger partial charge in [-0.25, -0.2) is 0 Å². The predicted octanol–water partition coefficient (Wildman–Crippen LogP) is 2.32. The predicted molar refractivity (Wildman–Crippen MR) is 114 cm³/mol. The molecule has 142 valence electrons. The monoisotopic (exact) mass is 499 g/mol. The Morgan fingerprint density at radius 1 is 1.15 bits per heavy atom. The second kappa shape index (κ2) is 10.1. The maximum absolute atomic E-state index is 12.1. The highest BCUT2D eigenvalue weighted by molar-refractivity contribution is 14.1. The van der Waals surface area contributed by atoms with Crippen LogP contribution in [0.4, 0.5) is 0 Å². The van der Waals surface area contributed by atoms with Gasteiger partial charge in [-0.15, -0.1) is 0 Å². The maximum Gasteiger partial charge on any atom is 0.269 e. The average Bonchev–Trinajstić information content (AvgIpc) is 2.64. The summed E-state index contributed by atoms with van der Waals surface area (Å²) in [6.45, 7) is 1.73. The maximum atomic E-state index is 12.1. The van der Waals surface area contributed by atoms with Crippen molar-refractivity contribution in [3.63, 3.8) is 0 Å². The lowest BCUT2D eigenvalue weighted by molar-refractivity contribution is -0.121. The number of carbonyl (C=O) groups is 2. The van der Waals surface area contributed by atoms with Crippen molar-refractivity contribution in [1.82, 2.24) is 16.2 Å². The Labute approximate surface area is 175 Å². The molecule has 0 atom stereocenters. The first-order valence-corrected chi connectivity index (χ1v) is 9.31. The van der Waals surface area contributed by atoms with Gasteiger partial charge in [-0.1, -0.05) is 12.1 Å². The third kappa shape index (κ3) is 6.68. The summed E-state index contributed by atoms with van der Waals surface area (Å²) in [5, 5.41) is 2.38. The van der Waals surface area contributed by atoms with Crippen molar-refractivity contribution in [3.8, 4) is 11.5 Å². The second-order valence-corrected chi connectivity index (χ2v) is 6.98. The van der Waals surface area contributed by atoms with Gasteiger partial charge in [-0.05, 0) is 77.6 Å². The first-order chi connectivity index (χ1) is 12.9. The van der Waals surface area contributed by atoms with Gasteiger partial charge in [0.15, 0.2) is 11.7 Å². The molecule has 0 aliphatic rings. The van der Waals surface area contributed by atoms with E-state index in [1.807, 2.05) is 25.1 Å². The number of benzene rings is 2. The summed E-state index contributed by atoms with van der Waals surface area (Å²) in [7, 11) is 1.56. The quantitative estimate of drug-likeness (QED) is 0.333. The lowest BCUT2D eigenvalue weighted by atomic mass is 10.2. The highest BCUT2D eigenvalue weighted by atomic mass is 127. The van der Waals surface area contributed by atoms with Gasteiger partial charge in [0.1, 0.15) is 11.5 Å². The Morgan fingerprint density at radius 2 is 1.93 bits per heavy atom. The van der Waals surface area contributed by atoms with Crippen molar-refractivity contribution in [2.24, 2.45) is 0 Å². The van der Waals surface area contributed by atoms with Crippen LogP contribution in [0.2, 0.25) is 0 Å². The molecule has 9 heteroatoms. The van der Waals surface area contributed by atoms with Crippen molar-refractivity contribution >= 4 is 51.7 Å². The van der Waals surface area contributed by atoms with Gasteiger partial charge in [0, 0.05) is 5.56 Å². The smallest absolute Gasteiger partial charge is 0.269 e. The molecule has 2 aromatic carbocycles. The number of hydrogen-bond acceptors (Lipinski definition) is 5. The lowest BCUT2D eigenvalue weighted by Crippen LogP contribution is -2.49. The standard InChI is InChI=1S/C18H18IN3O4S/c1-11-4-3-5-13(8-11)26-10-16(23)20-18(27)22-21-17(24)12-6-7-15(25-2)14(19)9-12/h3-9H,10H2,1-2H3,(H,21,24)(H2,20,22,23,27). The number of methoxy groups -OCH3 is 1. The number of rotatable bonds is 5. The van der Waals surface area contributed by atoms with Crippen LogP contribution in [0.15, 0.2) is 42.5 Å². The van der Waals surface area contributed by atoms with Gasteiger partial charge in [-0.2, -0.15) is 0 Å². The SMILES string of the molecule is COc1ccc(C(=O)NNC(=S)NC(=O)COc2cccc(C)c2)cc1I. The number of thiocarbonyl (C=S) groups is 1. The Bertz CT molecular complexity index is 860. The van der Waals surface area contributed by atoms with Gasteiger partial charge in [0.2, 0.25) is 0 Å². The van der Waals surface area contributed by atoms with E-state index >= 15 is 0 Å². The van der Waals surface area contributed by atoms with Crippen LogP contribution in [0, 0.1) is 10.5 Å². The van der Waals surface area contributed by atoms with E-state index in [9.17, 15) is 9.59 Å². The largest absolute Gasteiger partial charge is 0.496 e. The average molecular weight is 499 g/mol. The summed E-state index contributed by atoms with van der Waals surface area (Å²) >= 11 is 7.05. The van der Waals surface area contributed by atoms with E-state index in [2.05, 4.69) is 38.8 Å². The van der Waals surface area contributed by atoms with Crippen LogP contribution < -0.4 is 25.6 Å². The fraction of sp³-hybridized carbons (Fsp3) is 0.167. The summed E-state index contributed by atoms with van der Waals surface area (Å²) < 4.78 is 11.3. The molecule has 0 fully saturated rings. The Hall–Kier alpha value is -2.40. The number of hydrogen-bond donors (Lipinski definition) is 3. The van der Waals surface area contributed by atoms with Crippen molar-refractivity contribution < 1.29 is 19.1 Å². The molecular weight excluding hydrogens is 481 g/mol. The number of hydrazine groups is 1. The zero-order valence-corrected chi connectivity index (χ0v) is 17.6. The van der Waals surface area contributed by atoms with Gasteiger partial charge in [-0.3, -0.25) is 25.8 Å². The highest BCUT2D eigenvalue weighted by Crippen LogP contribution is 2.21. The third-order valence-electron chi connectivity index (χ3n) is 3.32. The molecule has 0 heterocycles. The summed E-state index contributed by atoms with van der Waals surface area (Å²) in [6, 6.07) is 12.3. The molecule has 2 rings (SSSR count). The van der Waals surface area contributed by atoms with Crippen LogP contribution in [-0.2, 0) is 4.79 Å². The molecule has 0 bridgehead atoms. The molecule has 0 aliphatic carbocycles. The molecule has 7 nitrogen and oxygen atoms in total. The van der Waals surface area contributed by atoms with E-state index in [1.54, 1.807) is 31.4 Å². The molecule has 0 aliphatic heterocycles. The minimum Gasteiger partial charge on any atom is -0.496 e. The van der Waals surface area contributed by atoms with Crippen LogP contribution in [0.3, 0.4) is 0 Å². The lowest BCUT2D eigenvalue weighted by Gasteiger charge is -2.12. The molecular formula is C18H18IN3O4S. The minimum atomic E-state index is -0.442. The van der Waals surface area contributed by atoms with E-state index in [4.69, 9.17) is 21.7 Å². The zero-order valence-electron chi connectivity index (χ0n) is 14.7. The number of aryl methyl sites for hydroxylation is 1. The summed E-state index contributed by atoms with van der Waals surface area (Å²) in [4.78, 5) is 24.0.